The number of rotatable bonds is 5. The normalized spacial score (nSPS) is 10.3. The molecule has 0 saturated heterocycles. The maximum absolute atomic E-state index is 12.4. The topological polar surface area (TPSA) is 71.3 Å². The van der Waals surface area contributed by atoms with Crippen molar-refractivity contribution in [2.75, 3.05) is 5.32 Å². The van der Waals surface area contributed by atoms with Gasteiger partial charge >= 0.3 is 0 Å². The molecule has 2 aromatic carbocycles. The molecule has 1 aromatic heterocycles. The first-order chi connectivity index (χ1) is 12.1. The van der Waals surface area contributed by atoms with Crippen LogP contribution in [0.15, 0.2) is 71.3 Å². The van der Waals surface area contributed by atoms with E-state index in [0.717, 1.165) is 3.57 Å². The number of carbonyl (C=O) groups is 2. The van der Waals surface area contributed by atoms with E-state index in [1.54, 1.807) is 48.7 Å². The van der Waals surface area contributed by atoms with Crippen LogP contribution in [0.3, 0.4) is 0 Å². The lowest BCUT2D eigenvalue weighted by molar-refractivity contribution is 0.0946. The molecule has 0 saturated carbocycles. The fraction of sp³-hybridized carbons (Fsp3) is 0.0526. The highest BCUT2D eigenvalue weighted by Gasteiger charge is 2.11. The van der Waals surface area contributed by atoms with Crippen molar-refractivity contribution >= 4 is 40.1 Å². The summed E-state index contributed by atoms with van der Waals surface area (Å²) in [4.78, 5) is 24.6. The molecule has 25 heavy (non-hydrogen) atoms. The molecule has 0 spiro atoms. The molecule has 0 bridgehead atoms. The molecule has 3 rings (SSSR count). The van der Waals surface area contributed by atoms with Gasteiger partial charge in [-0.05, 0) is 65.1 Å². The van der Waals surface area contributed by atoms with Crippen LogP contribution in [0.1, 0.15) is 26.5 Å². The Labute approximate surface area is 158 Å². The van der Waals surface area contributed by atoms with E-state index >= 15 is 0 Å². The monoisotopic (exact) mass is 446 g/mol. The molecule has 0 unspecified atom stereocenters. The lowest BCUT2D eigenvalue weighted by Gasteiger charge is -2.09. The third-order valence-corrected chi connectivity index (χ3v) is 4.45. The van der Waals surface area contributed by atoms with Crippen LogP contribution in [0.25, 0.3) is 0 Å². The van der Waals surface area contributed by atoms with Crippen molar-refractivity contribution in [1.82, 2.24) is 5.32 Å². The van der Waals surface area contributed by atoms with Gasteiger partial charge in [0.05, 0.1) is 18.4 Å². The number of hydrogen-bond acceptors (Lipinski definition) is 3. The maximum Gasteiger partial charge on any atom is 0.256 e. The Kier molecular flexibility index (Phi) is 5.49. The fourth-order valence-electron chi connectivity index (χ4n) is 2.26. The summed E-state index contributed by atoms with van der Waals surface area (Å²) in [5, 5.41) is 5.60. The zero-order valence-electron chi connectivity index (χ0n) is 13.2. The van der Waals surface area contributed by atoms with E-state index in [1.165, 1.54) is 0 Å². The van der Waals surface area contributed by atoms with Crippen molar-refractivity contribution in [1.29, 1.82) is 0 Å². The van der Waals surface area contributed by atoms with Gasteiger partial charge < -0.3 is 15.1 Å². The third kappa shape index (κ3) is 4.48. The Hall–Kier alpha value is -2.61. The predicted octanol–water partition coefficient (Wildman–Crippen LogP) is 4.07. The summed E-state index contributed by atoms with van der Waals surface area (Å²) in [6.07, 6.45) is 1.56. The first kappa shape index (κ1) is 17.2. The average molecular weight is 446 g/mol. The van der Waals surface area contributed by atoms with Gasteiger partial charge in [-0.1, -0.05) is 18.2 Å². The molecule has 2 N–H and O–H groups in total. The number of amides is 2. The number of carbonyl (C=O) groups excluding carboxylic acids is 2. The standard InChI is InChI=1S/C19H15IN2O3/c20-17-9-2-1-8-16(17)19(24)22-14-6-3-5-13(11-14)18(23)21-12-15-7-4-10-25-15/h1-11H,12H2,(H,21,23)(H,22,24). The van der Waals surface area contributed by atoms with Crippen molar-refractivity contribution in [3.05, 3.63) is 87.4 Å². The molecule has 0 fully saturated rings. The van der Waals surface area contributed by atoms with E-state index in [9.17, 15) is 9.59 Å². The van der Waals surface area contributed by atoms with Gasteiger partial charge in [-0.25, -0.2) is 0 Å². The summed E-state index contributed by atoms with van der Waals surface area (Å²) >= 11 is 2.12. The lowest BCUT2D eigenvalue weighted by Crippen LogP contribution is -2.22. The van der Waals surface area contributed by atoms with Crippen molar-refractivity contribution < 1.29 is 14.0 Å². The highest BCUT2D eigenvalue weighted by Crippen LogP contribution is 2.16. The third-order valence-electron chi connectivity index (χ3n) is 3.50. The molecule has 0 aliphatic heterocycles. The Morgan fingerprint density at radius 1 is 0.960 bits per heavy atom. The van der Waals surface area contributed by atoms with Crippen LogP contribution in [0, 0.1) is 3.57 Å². The van der Waals surface area contributed by atoms with E-state index < -0.39 is 0 Å². The first-order valence-corrected chi connectivity index (χ1v) is 8.68. The van der Waals surface area contributed by atoms with Gasteiger partial charge in [0.15, 0.2) is 0 Å². The van der Waals surface area contributed by atoms with Crippen LogP contribution < -0.4 is 10.6 Å². The van der Waals surface area contributed by atoms with Crippen molar-refractivity contribution in [2.24, 2.45) is 0 Å². The van der Waals surface area contributed by atoms with Crippen LogP contribution in [0.5, 0.6) is 0 Å². The number of furan rings is 1. The summed E-state index contributed by atoms with van der Waals surface area (Å²) in [5.41, 5.74) is 1.62. The quantitative estimate of drug-likeness (QED) is 0.581. The van der Waals surface area contributed by atoms with Gasteiger partial charge in [0, 0.05) is 14.8 Å². The minimum atomic E-state index is -0.234. The van der Waals surface area contributed by atoms with E-state index in [4.69, 9.17) is 4.42 Å². The maximum atomic E-state index is 12.4. The van der Waals surface area contributed by atoms with Gasteiger partial charge in [-0.15, -0.1) is 0 Å². The van der Waals surface area contributed by atoms with E-state index in [0.29, 0.717) is 29.1 Å². The Morgan fingerprint density at radius 2 is 1.80 bits per heavy atom. The van der Waals surface area contributed by atoms with Crippen molar-refractivity contribution in [3.8, 4) is 0 Å². The van der Waals surface area contributed by atoms with Crippen LogP contribution in [-0.4, -0.2) is 11.8 Å². The molecule has 126 valence electrons. The molecular weight excluding hydrogens is 431 g/mol. The Balaban J connectivity index is 1.67. The summed E-state index contributed by atoms with van der Waals surface area (Å²) in [5.74, 6) is 0.233. The number of hydrogen-bond donors (Lipinski definition) is 2. The van der Waals surface area contributed by atoms with E-state index in [-0.39, 0.29) is 11.8 Å². The van der Waals surface area contributed by atoms with Crippen molar-refractivity contribution in [2.45, 2.75) is 6.54 Å². The minimum absolute atomic E-state index is 0.210. The SMILES string of the molecule is O=C(NCc1ccco1)c1cccc(NC(=O)c2ccccc2I)c1. The molecule has 1 heterocycles. The smallest absolute Gasteiger partial charge is 0.256 e. The van der Waals surface area contributed by atoms with Gasteiger partial charge in [0.2, 0.25) is 0 Å². The van der Waals surface area contributed by atoms with Gasteiger partial charge in [0.25, 0.3) is 11.8 Å². The van der Waals surface area contributed by atoms with Crippen LogP contribution in [0.2, 0.25) is 0 Å². The second kappa shape index (κ2) is 7.98. The van der Waals surface area contributed by atoms with Gasteiger partial charge in [-0.3, -0.25) is 9.59 Å². The lowest BCUT2D eigenvalue weighted by atomic mass is 10.1. The molecule has 0 atom stereocenters. The average Bonchev–Trinajstić information content (AvgIpc) is 3.14. The van der Waals surface area contributed by atoms with Crippen LogP contribution >= 0.6 is 22.6 Å². The van der Waals surface area contributed by atoms with Crippen LogP contribution in [0.4, 0.5) is 5.69 Å². The van der Waals surface area contributed by atoms with Gasteiger partial charge in [-0.2, -0.15) is 0 Å². The van der Waals surface area contributed by atoms with Crippen molar-refractivity contribution in [3.63, 3.8) is 0 Å². The Bertz CT molecular complexity index is 891. The molecule has 3 aromatic rings. The first-order valence-electron chi connectivity index (χ1n) is 7.60. The molecule has 0 aliphatic carbocycles. The summed E-state index contributed by atoms with van der Waals surface area (Å²) < 4.78 is 6.05. The molecule has 6 heteroatoms. The highest BCUT2D eigenvalue weighted by molar-refractivity contribution is 14.1. The summed E-state index contributed by atoms with van der Waals surface area (Å²) in [6, 6.07) is 17.7. The fourth-order valence-corrected chi connectivity index (χ4v) is 2.90. The highest BCUT2D eigenvalue weighted by atomic mass is 127. The molecule has 0 aliphatic rings. The Morgan fingerprint density at radius 3 is 2.56 bits per heavy atom. The second-order valence-electron chi connectivity index (χ2n) is 5.28. The van der Waals surface area contributed by atoms with Crippen LogP contribution in [-0.2, 0) is 6.54 Å². The molecular formula is C19H15IN2O3. The zero-order chi connectivity index (χ0) is 17.6. The summed E-state index contributed by atoms with van der Waals surface area (Å²) in [6.45, 7) is 0.310. The number of halogens is 1. The number of nitrogens with one attached hydrogen (secondary N) is 2. The van der Waals surface area contributed by atoms with Gasteiger partial charge in [0.1, 0.15) is 5.76 Å². The minimum Gasteiger partial charge on any atom is -0.467 e. The molecule has 2 amide bonds. The largest absolute Gasteiger partial charge is 0.467 e. The number of anilines is 1. The van der Waals surface area contributed by atoms with E-state index in [2.05, 4.69) is 33.2 Å². The zero-order valence-corrected chi connectivity index (χ0v) is 15.3. The molecule has 5 nitrogen and oxygen atoms in total. The number of benzene rings is 2. The second-order valence-corrected chi connectivity index (χ2v) is 6.44. The van der Waals surface area contributed by atoms with E-state index in [1.807, 2.05) is 18.2 Å². The predicted molar refractivity (Wildman–Crippen MR) is 103 cm³/mol. The summed E-state index contributed by atoms with van der Waals surface area (Å²) in [7, 11) is 0. The molecule has 0 radical (unpaired) electrons.